The first-order chi connectivity index (χ1) is 7.15. The molecule has 0 unspecified atom stereocenters. The van der Waals surface area contributed by atoms with E-state index in [1.54, 1.807) is 25.1 Å². The maximum atomic E-state index is 11.7. The molecule has 0 saturated carbocycles. The number of benzene rings is 1. The molecule has 1 N–H and O–H groups in total. The van der Waals surface area contributed by atoms with E-state index in [4.69, 9.17) is 0 Å². The standard InChI is InChI=1S/C9H11N3O2S/c1-2-11-15(13,14)12-7-10-8-5-3-4-6-9(8)12/h3-7,11H,2H2,1H3. The van der Waals surface area contributed by atoms with Crippen molar-refractivity contribution >= 4 is 21.2 Å². The molecule has 0 aliphatic rings. The minimum Gasteiger partial charge on any atom is -0.236 e. The SMILES string of the molecule is CCNS(=O)(=O)n1cnc2ccccc21. The van der Waals surface area contributed by atoms with Gasteiger partial charge in [-0.3, -0.25) is 0 Å². The highest BCUT2D eigenvalue weighted by molar-refractivity contribution is 7.88. The van der Waals surface area contributed by atoms with Crippen molar-refractivity contribution in [2.75, 3.05) is 6.54 Å². The lowest BCUT2D eigenvalue weighted by atomic mass is 10.3. The van der Waals surface area contributed by atoms with Gasteiger partial charge in [-0.15, -0.1) is 0 Å². The molecule has 5 nitrogen and oxygen atoms in total. The highest BCUT2D eigenvalue weighted by atomic mass is 32.2. The fourth-order valence-electron chi connectivity index (χ4n) is 1.38. The first-order valence-electron chi connectivity index (χ1n) is 4.57. The van der Waals surface area contributed by atoms with Crippen LogP contribution in [0.4, 0.5) is 0 Å². The molecule has 0 atom stereocenters. The number of nitrogens with zero attached hydrogens (tertiary/aromatic N) is 2. The normalized spacial score (nSPS) is 12.1. The average molecular weight is 225 g/mol. The predicted molar refractivity (Wildman–Crippen MR) is 57.7 cm³/mol. The molecular formula is C9H11N3O2S. The second-order valence-electron chi connectivity index (χ2n) is 3.03. The van der Waals surface area contributed by atoms with Crippen molar-refractivity contribution in [3.63, 3.8) is 0 Å². The van der Waals surface area contributed by atoms with Gasteiger partial charge in [0.05, 0.1) is 11.0 Å². The Hall–Kier alpha value is -1.40. The van der Waals surface area contributed by atoms with Gasteiger partial charge in [0.15, 0.2) is 0 Å². The number of para-hydroxylation sites is 2. The number of aromatic nitrogens is 2. The maximum Gasteiger partial charge on any atom is 0.306 e. The molecule has 1 heterocycles. The van der Waals surface area contributed by atoms with Crippen LogP contribution < -0.4 is 4.72 Å². The van der Waals surface area contributed by atoms with E-state index in [2.05, 4.69) is 9.71 Å². The van der Waals surface area contributed by atoms with Gasteiger partial charge in [-0.25, -0.2) is 8.96 Å². The minimum absolute atomic E-state index is 0.356. The molecule has 1 aromatic carbocycles. The van der Waals surface area contributed by atoms with E-state index in [0.717, 1.165) is 3.97 Å². The Bertz CT molecular complexity index is 574. The fourth-order valence-corrected chi connectivity index (χ4v) is 2.47. The van der Waals surface area contributed by atoms with Crippen LogP contribution in [0.5, 0.6) is 0 Å². The summed E-state index contributed by atoms with van der Waals surface area (Å²) in [5.74, 6) is 0. The first-order valence-corrected chi connectivity index (χ1v) is 6.01. The van der Waals surface area contributed by atoms with E-state index in [0.29, 0.717) is 17.6 Å². The quantitative estimate of drug-likeness (QED) is 0.838. The molecule has 0 radical (unpaired) electrons. The summed E-state index contributed by atoms with van der Waals surface area (Å²) in [5, 5.41) is 0. The molecule has 0 aliphatic heterocycles. The first kappa shape index (κ1) is 10.1. The van der Waals surface area contributed by atoms with E-state index >= 15 is 0 Å². The lowest BCUT2D eigenvalue weighted by Gasteiger charge is -2.05. The molecule has 0 spiro atoms. The van der Waals surface area contributed by atoms with E-state index in [1.807, 2.05) is 6.07 Å². The van der Waals surface area contributed by atoms with Gasteiger partial charge >= 0.3 is 10.2 Å². The summed E-state index contributed by atoms with van der Waals surface area (Å²) in [5.41, 5.74) is 1.25. The highest BCUT2D eigenvalue weighted by Gasteiger charge is 2.14. The molecule has 80 valence electrons. The highest BCUT2D eigenvalue weighted by Crippen LogP contribution is 2.13. The number of rotatable bonds is 3. The third-order valence-electron chi connectivity index (χ3n) is 2.01. The second-order valence-corrected chi connectivity index (χ2v) is 4.66. The van der Waals surface area contributed by atoms with Crippen LogP contribution in [0.3, 0.4) is 0 Å². The van der Waals surface area contributed by atoms with Gasteiger partial charge in [0.2, 0.25) is 0 Å². The number of hydrogen-bond donors (Lipinski definition) is 1. The predicted octanol–water partition coefficient (Wildman–Crippen LogP) is 0.739. The summed E-state index contributed by atoms with van der Waals surface area (Å²) in [6.07, 6.45) is 1.31. The minimum atomic E-state index is -3.49. The smallest absolute Gasteiger partial charge is 0.236 e. The van der Waals surface area contributed by atoms with Crippen molar-refractivity contribution in [2.45, 2.75) is 6.92 Å². The summed E-state index contributed by atoms with van der Waals surface area (Å²) in [6.45, 7) is 2.09. The molecule has 15 heavy (non-hydrogen) atoms. The Morgan fingerprint density at radius 1 is 1.40 bits per heavy atom. The molecule has 0 aliphatic carbocycles. The lowest BCUT2D eigenvalue weighted by molar-refractivity contribution is 0.576. The van der Waals surface area contributed by atoms with Crippen LogP contribution in [-0.4, -0.2) is 23.9 Å². The number of nitrogens with one attached hydrogen (secondary N) is 1. The fraction of sp³-hybridized carbons (Fsp3) is 0.222. The van der Waals surface area contributed by atoms with E-state index in [1.165, 1.54) is 6.33 Å². The largest absolute Gasteiger partial charge is 0.306 e. The topological polar surface area (TPSA) is 64.0 Å². The Kier molecular flexibility index (Phi) is 2.45. The monoisotopic (exact) mass is 225 g/mol. The zero-order valence-electron chi connectivity index (χ0n) is 8.21. The van der Waals surface area contributed by atoms with Crippen molar-refractivity contribution in [2.24, 2.45) is 0 Å². The average Bonchev–Trinajstić information content (AvgIpc) is 2.61. The van der Waals surface area contributed by atoms with Gasteiger partial charge in [0.1, 0.15) is 6.33 Å². The number of hydrogen-bond acceptors (Lipinski definition) is 3. The Morgan fingerprint density at radius 3 is 2.87 bits per heavy atom. The third-order valence-corrected chi connectivity index (χ3v) is 3.47. The van der Waals surface area contributed by atoms with Crippen LogP contribution in [0, 0.1) is 0 Å². The zero-order valence-corrected chi connectivity index (χ0v) is 9.03. The van der Waals surface area contributed by atoms with Crippen molar-refractivity contribution in [3.8, 4) is 0 Å². The van der Waals surface area contributed by atoms with Crippen molar-refractivity contribution in [1.82, 2.24) is 13.7 Å². The zero-order chi connectivity index (χ0) is 10.9. The molecule has 0 amide bonds. The van der Waals surface area contributed by atoms with Gasteiger partial charge in [-0.05, 0) is 12.1 Å². The second kappa shape index (κ2) is 3.63. The van der Waals surface area contributed by atoms with Crippen LogP contribution in [0.1, 0.15) is 6.92 Å². The summed E-state index contributed by atoms with van der Waals surface area (Å²) in [6, 6.07) is 7.09. The van der Waals surface area contributed by atoms with E-state index < -0.39 is 10.2 Å². The van der Waals surface area contributed by atoms with Crippen LogP contribution in [-0.2, 0) is 10.2 Å². The van der Waals surface area contributed by atoms with Crippen LogP contribution in [0.25, 0.3) is 11.0 Å². The van der Waals surface area contributed by atoms with Crippen molar-refractivity contribution < 1.29 is 8.42 Å². The molecule has 6 heteroatoms. The summed E-state index contributed by atoms with van der Waals surface area (Å²) in [7, 11) is -3.49. The van der Waals surface area contributed by atoms with E-state index in [9.17, 15) is 8.42 Å². The van der Waals surface area contributed by atoms with Gasteiger partial charge in [0.25, 0.3) is 0 Å². The molecule has 1 aromatic heterocycles. The summed E-state index contributed by atoms with van der Waals surface area (Å²) >= 11 is 0. The Balaban J connectivity index is 2.63. The molecule has 2 aromatic rings. The van der Waals surface area contributed by atoms with Crippen molar-refractivity contribution in [1.29, 1.82) is 0 Å². The Labute approximate surface area is 87.9 Å². The Morgan fingerprint density at radius 2 is 2.13 bits per heavy atom. The molecule has 2 rings (SSSR count). The summed E-state index contributed by atoms with van der Waals surface area (Å²) < 4.78 is 27.0. The third kappa shape index (κ3) is 1.73. The van der Waals surface area contributed by atoms with Crippen LogP contribution >= 0.6 is 0 Å². The summed E-state index contributed by atoms with van der Waals surface area (Å²) in [4.78, 5) is 4.01. The lowest BCUT2D eigenvalue weighted by Crippen LogP contribution is -2.28. The van der Waals surface area contributed by atoms with Gasteiger partial charge in [-0.2, -0.15) is 13.1 Å². The molecule has 0 fully saturated rings. The number of imidazole rings is 1. The van der Waals surface area contributed by atoms with Crippen LogP contribution in [0.2, 0.25) is 0 Å². The maximum absolute atomic E-state index is 11.7. The van der Waals surface area contributed by atoms with Gasteiger partial charge in [0, 0.05) is 6.54 Å². The van der Waals surface area contributed by atoms with Gasteiger partial charge in [-0.1, -0.05) is 19.1 Å². The van der Waals surface area contributed by atoms with Gasteiger partial charge < -0.3 is 0 Å². The van der Waals surface area contributed by atoms with E-state index in [-0.39, 0.29) is 0 Å². The van der Waals surface area contributed by atoms with Crippen LogP contribution in [0.15, 0.2) is 30.6 Å². The molecule has 0 bridgehead atoms. The van der Waals surface area contributed by atoms with Crippen molar-refractivity contribution in [3.05, 3.63) is 30.6 Å². The molecule has 0 saturated heterocycles. The molecular weight excluding hydrogens is 214 g/mol. The number of fused-ring (bicyclic) bond motifs is 1.